The van der Waals surface area contributed by atoms with Gasteiger partial charge in [-0.15, -0.1) is 0 Å². The summed E-state index contributed by atoms with van der Waals surface area (Å²) in [5.74, 6) is 1.67. The zero-order valence-corrected chi connectivity index (χ0v) is 12.2. The smallest absolute Gasteiger partial charge is 0.161 e. The molecule has 0 aromatic heterocycles. The van der Waals surface area contributed by atoms with Gasteiger partial charge < -0.3 is 14.8 Å². The number of fused-ring (bicyclic) bond motifs is 1. The molecule has 0 aliphatic carbocycles. The molecule has 0 unspecified atom stereocenters. The second-order valence-corrected chi connectivity index (χ2v) is 4.96. The van der Waals surface area contributed by atoms with E-state index in [1.165, 1.54) is 17.5 Å². The van der Waals surface area contributed by atoms with Crippen LogP contribution in [0.4, 0.5) is 0 Å². The van der Waals surface area contributed by atoms with Crippen molar-refractivity contribution >= 4 is 0 Å². The Bertz CT molecular complexity index is 421. The van der Waals surface area contributed by atoms with Crippen LogP contribution in [0.1, 0.15) is 17.5 Å². The van der Waals surface area contributed by atoms with E-state index in [4.69, 9.17) is 9.47 Å². The van der Waals surface area contributed by atoms with Gasteiger partial charge >= 0.3 is 0 Å². The van der Waals surface area contributed by atoms with Gasteiger partial charge in [-0.25, -0.2) is 0 Å². The maximum atomic E-state index is 5.38. The fraction of sp³-hybridized carbons (Fsp3) is 0.600. The van der Waals surface area contributed by atoms with E-state index in [2.05, 4.69) is 22.3 Å². The monoisotopic (exact) mass is 264 g/mol. The molecule has 1 heterocycles. The molecule has 0 atom stereocenters. The fourth-order valence-corrected chi connectivity index (χ4v) is 2.61. The van der Waals surface area contributed by atoms with Crippen LogP contribution >= 0.6 is 0 Å². The molecule has 0 amide bonds. The minimum atomic E-state index is 0.832. The summed E-state index contributed by atoms with van der Waals surface area (Å²) in [5, 5.41) is 3.20. The molecule has 0 spiro atoms. The van der Waals surface area contributed by atoms with Gasteiger partial charge in [0.05, 0.1) is 14.2 Å². The zero-order valence-electron chi connectivity index (χ0n) is 12.2. The minimum absolute atomic E-state index is 0.832. The van der Waals surface area contributed by atoms with E-state index in [0.29, 0.717) is 0 Å². The summed E-state index contributed by atoms with van der Waals surface area (Å²) in [7, 11) is 5.39. The number of ether oxygens (including phenoxy) is 2. The van der Waals surface area contributed by atoms with Crippen molar-refractivity contribution in [2.45, 2.75) is 19.4 Å². The molecule has 4 nitrogen and oxygen atoms in total. The lowest BCUT2D eigenvalue weighted by Gasteiger charge is -2.29. The highest BCUT2D eigenvalue weighted by Crippen LogP contribution is 2.33. The summed E-state index contributed by atoms with van der Waals surface area (Å²) in [5.41, 5.74) is 2.76. The summed E-state index contributed by atoms with van der Waals surface area (Å²) in [6, 6.07) is 4.25. The minimum Gasteiger partial charge on any atom is -0.493 e. The van der Waals surface area contributed by atoms with Gasteiger partial charge in [-0.3, -0.25) is 4.90 Å². The molecule has 1 aliphatic heterocycles. The fourth-order valence-electron chi connectivity index (χ4n) is 2.61. The van der Waals surface area contributed by atoms with Crippen molar-refractivity contribution in [2.75, 3.05) is 40.9 Å². The Hall–Kier alpha value is -1.26. The highest BCUT2D eigenvalue weighted by Gasteiger charge is 2.18. The van der Waals surface area contributed by atoms with Gasteiger partial charge in [-0.1, -0.05) is 0 Å². The Balaban J connectivity index is 2.07. The van der Waals surface area contributed by atoms with E-state index in [1.807, 2.05) is 7.05 Å². The molecule has 0 saturated heterocycles. The summed E-state index contributed by atoms with van der Waals surface area (Å²) >= 11 is 0. The Labute approximate surface area is 115 Å². The Morgan fingerprint density at radius 3 is 2.47 bits per heavy atom. The van der Waals surface area contributed by atoms with Crippen LogP contribution in [0.3, 0.4) is 0 Å². The van der Waals surface area contributed by atoms with Gasteiger partial charge in [-0.2, -0.15) is 0 Å². The molecular weight excluding hydrogens is 240 g/mol. The van der Waals surface area contributed by atoms with E-state index in [0.717, 1.165) is 44.1 Å². The molecule has 1 N–H and O–H groups in total. The van der Waals surface area contributed by atoms with Crippen molar-refractivity contribution in [3.8, 4) is 11.5 Å². The topological polar surface area (TPSA) is 33.7 Å². The summed E-state index contributed by atoms with van der Waals surface area (Å²) < 4.78 is 10.7. The molecule has 19 heavy (non-hydrogen) atoms. The van der Waals surface area contributed by atoms with Crippen LogP contribution in [-0.2, 0) is 13.0 Å². The highest BCUT2D eigenvalue weighted by molar-refractivity contribution is 5.48. The first-order chi connectivity index (χ1) is 9.28. The Kier molecular flexibility index (Phi) is 5.05. The molecule has 0 saturated carbocycles. The average molecular weight is 264 g/mol. The van der Waals surface area contributed by atoms with E-state index in [9.17, 15) is 0 Å². The maximum absolute atomic E-state index is 5.38. The SMILES string of the molecule is CNCCCN1CCc2cc(OC)c(OC)cc2C1. The van der Waals surface area contributed by atoms with Crippen LogP contribution in [0.2, 0.25) is 0 Å². The Morgan fingerprint density at radius 1 is 1.16 bits per heavy atom. The van der Waals surface area contributed by atoms with Crippen molar-refractivity contribution in [3.05, 3.63) is 23.3 Å². The number of hydrogen-bond donors (Lipinski definition) is 1. The first-order valence-electron chi connectivity index (χ1n) is 6.89. The van der Waals surface area contributed by atoms with Crippen LogP contribution in [0.25, 0.3) is 0 Å². The van der Waals surface area contributed by atoms with E-state index >= 15 is 0 Å². The second-order valence-electron chi connectivity index (χ2n) is 4.96. The average Bonchev–Trinajstić information content (AvgIpc) is 2.46. The van der Waals surface area contributed by atoms with Crippen molar-refractivity contribution in [3.63, 3.8) is 0 Å². The standard InChI is InChI=1S/C15H24N2O2/c1-16-6-4-7-17-8-5-12-9-14(18-2)15(19-3)10-13(12)11-17/h9-10,16H,4-8,11H2,1-3H3. The lowest BCUT2D eigenvalue weighted by atomic mass is 9.98. The third-order valence-corrected chi connectivity index (χ3v) is 3.70. The molecule has 0 radical (unpaired) electrons. The summed E-state index contributed by atoms with van der Waals surface area (Å²) in [6.07, 6.45) is 2.29. The van der Waals surface area contributed by atoms with E-state index < -0.39 is 0 Å². The molecule has 106 valence electrons. The van der Waals surface area contributed by atoms with E-state index in [1.54, 1.807) is 14.2 Å². The number of benzene rings is 1. The molecule has 2 rings (SSSR count). The largest absolute Gasteiger partial charge is 0.493 e. The molecule has 1 aromatic rings. The maximum Gasteiger partial charge on any atom is 0.161 e. The summed E-state index contributed by atoms with van der Waals surface area (Å²) in [6.45, 7) is 4.37. The van der Waals surface area contributed by atoms with Crippen LogP contribution in [-0.4, -0.2) is 45.8 Å². The first-order valence-corrected chi connectivity index (χ1v) is 6.89. The lowest BCUT2D eigenvalue weighted by Crippen LogP contribution is -2.32. The first kappa shape index (κ1) is 14.2. The van der Waals surface area contributed by atoms with Crippen molar-refractivity contribution < 1.29 is 9.47 Å². The molecule has 0 bridgehead atoms. The molecule has 4 heteroatoms. The summed E-state index contributed by atoms with van der Waals surface area (Å²) in [4.78, 5) is 2.51. The van der Waals surface area contributed by atoms with Crippen molar-refractivity contribution in [2.24, 2.45) is 0 Å². The van der Waals surface area contributed by atoms with Gasteiger partial charge in [0.15, 0.2) is 11.5 Å². The number of hydrogen-bond acceptors (Lipinski definition) is 4. The third-order valence-electron chi connectivity index (χ3n) is 3.70. The number of nitrogens with zero attached hydrogens (tertiary/aromatic N) is 1. The number of rotatable bonds is 6. The Morgan fingerprint density at radius 2 is 1.84 bits per heavy atom. The van der Waals surface area contributed by atoms with Crippen LogP contribution in [0.5, 0.6) is 11.5 Å². The van der Waals surface area contributed by atoms with Gasteiger partial charge in [-0.05, 0) is 56.2 Å². The van der Waals surface area contributed by atoms with Crippen LogP contribution < -0.4 is 14.8 Å². The second kappa shape index (κ2) is 6.78. The van der Waals surface area contributed by atoms with Crippen LogP contribution in [0, 0.1) is 0 Å². The van der Waals surface area contributed by atoms with E-state index in [-0.39, 0.29) is 0 Å². The lowest BCUT2D eigenvalue weighted by molar-refractivity contribution is 0.249. The van der Waals surface area contributed by atoms with Gasteiger partial charge in [0.25, 0.3) is 0 Å². The van der Waals surface area contributed by atoms with Gasteiger partial charge in [0, 0.05) is 13.1 Å². The molecule has 0 fully saturated rings. The third kappa shape index (κ3) is 3.39. The molecule has 1 aromatic carbocycles. The van der Waals surface area contributed by atoms with Gasteiger partial charge in [0.1, 0.15) is 0 Å². The van der Waals surface area contributed by atoms with Crippen molar-refractivity contribution in [1.82, 2.24) is 10.2 Å². The predicted octanol–water partition coefficient (Wildman–Crippen LogP) is 1.67. The number of nitrogens with one attached hydrogen (secondary N) is 1. The predicted molar refractivity (Wildman–Crippen MR) is 77.1 cm³/mol. The van der Waals surface area contributed by atoms with Crippen molar-refractivity contribution in [1.29, 1.82) is 0 Å². The zero-order chi connectivity index (χ0) is 13.7. The normalized spacial score (nSPS) is 15.1. The highest BCUT2D eigenvalue weighted by atomic mass is 16.5. The number of methoxy groups -OCH3 is 2. The van der Waals surface area contributed by atoms with Gasteiger partial charge in [0.2, 0.25) is 0 Å². The molecular formula is C15H24N2O2. The van der Waals surface area contributed by atoms with Crippen LogP contribution in [0.15, 0.2) is 12.1 Å². The molecule has 1 aliphatic rings. The quantitative estimate of drug-likeness (QED) is 0.793.